The van der Waals surface area contributed by atoms with Gasteiger partial charge in [0.2, 0.25) is 0 Å². The van der Waals surface area contributed by atoms with Crippen molar-refractivity contribution in [2.75, 3.05) is 6.61 Å². The summed E-state index contributed by atoms with van der Waals surface area (Å²) in [5.41, 5.74) is 3.62. The minimum absolute atomic E-state index is 0.759. The lowest BCUT2D eigenvalue weighted by atomic mass is 10.1. The van der Waals surface area contributed by atoms with E-state index in [2.05, 4.69) is 41.1 Å². The van der Waals surface area contributed by atoms with Crippen LogP contribution in [0.4, 0.5) is 0 Å². The van der Waals surface area contributed by atoms with E-state index in [1.807, 2.05) is 12.1 Å². The van der Waals surface area contributed by atoms with Crippen molar-refractivity contribution in [3.63, 3.8) is 0 Å². The second-order valence-electron chi connectivity index (χ2n) is 5.15. The highest BCUT2D eigenvalue weighted by atomic mass is 35.5. The second-order valence-corrected chi connectivity index (χ2v) is 5.59. The van der Waals surface area contributed by atoms with Crippen molar-refractivity contribution < 1.29 is 4.74 Å². The van der Waals surface area contributed by atoms with E-state index in [1.165, 1.54) is 16.5 Å². The first kappa shape index (κ1) is 11.9. The molecule has 3 aromatic rings. The quantitative estimate of drug-likeness (QED) is 0.685. The first-order valence-corrected chi connectivity index (χ1v) is 7.17. The molecule has 20 heavy (non-hydrogen) atoms. The number of para-hydroxylation sites is 1. The summed E-state index contributed by atoms with van der Waals surface area (Å²) < 4.78 is 8.01. The second kappa shape index (κ2) is 4.57. The average molecular weight is 284 g/mol. The van der Waals surface area contributed by atoms with Crippen LogP contribution in [-0.2, 0) is 13.0 Å². The van der Waals surface area contributed by atoms with Crippen molar-refractivity contribution in [2.24, 2.45) is 0 Å². The van der Waals surface area contributed by atoms with Crippen LogP contribution in [0.5, 0.6) is 5.75 Å². The van der Waals surface area contributed by atoms with Gasteiger partial charge in [0.15, 0.2) is 0 Å². The minimum Gasteiger partial charge on any atom is -0.493 e. The Bertz CT molecular complexity index is 791. The highest BCUT2D eigenvalue weighted by molar-refractivity contribution is 6.30. The predicted molar refractivity (Wildman–Crippen MR) is 81.7 cm³/mol. The highest BCUT2D eigenvalue weighted by Crippen LogP contribution is 2.33. The molecule has 1 aliphatic rings. The summed E-state index contributed by atoms with van der Waals surface area (Å²) in [6.07, 6.45) is 3.07. The Morgan fingerprint density at radius 3 is 3.00 bits per heavy atom. The third-order valence-corrected chi connectivity index (χ3v) is 4.06. The van der Waals surface area contributed by atoms with Gasteiger partial charge in [-0.25, -0.2) is 0 Å². The van der Waals surface area contributed by atoms with E-state index < -0.39 is 0 Å². The maximum absolute atomic E-state index is 6.22. The van der Waals surface area contributed by atoms with Crippen molar-refractivity contribution in [1.82, 2.24) is 4.57 Å². The van der Waals surface area contributed by atoms with Gasteiger partial charge in [0, 0.05) is 28.7 Å². The van der Waals surface area contributed by atoms with E-state index in [0.29, 0.717) is 0 Å². The average Bonchev–Trinajstić information content (AvgIpc) is 3.06. The van der Waals surface area contributed by atoms with Crippen LogP contribution in [0.25, 0.3) is 10.9 Å². The zero-order valence-electron chi connectivity index (χ0n) is 11.0. The van der Waals surface area contributed by atoms with Gasteiger partial charge in [-0.1, -0.05) is 29.8 Å². The van der Waals surface area contributed by atoms with Crippen LogP contribution in [-0.4, -0.2) is 11.2 Å². The monoisotopic (exact) mass is 283 g/mol. The zero-order chi connectivity index (χ0) is 13.5. The zero-order valence-corrected chi connectivity index (χ0v) is 11.7. The van der Waals surface area contributed by atoms with Crippen LogP contribution in [0.2, 0.25) is 5.02 Å². The molecule has 100 valence electrons. The van der Waals surface area contributed by atoms with Crippen molar-refractivity contribution in [3.8, 4) is 5.75 Å². The first-order chi connectivity index (χ1) is 9.81. The van der Waals surface area contributed by atoms with Crippen molar-refractivity contribution in [3.05, 3.63) is 64.8 Å². The van der Waals surface area contributed by atoms with E-state index in [9.17, 15) is 0 Å². The van der Waals surface area contributed by atoms with Crippen LogP contribution < -0.4 is 4.74 Å². The molecular formula is C17H14ClNO. The molecule has 0 spiro atoms. The number of halogens is 1. The van der Waals surface area contributed by atoms with Gasteiger partial charge in [0.25, 0.3) is 0 Å². The molecule has 2 heterocycles. The molecule has 0 atom stereocenters. The van der Waals surface area contributed by atoms with Crippen LogP contribution in [0.1, 0.15) is 11.1 Å². The third-order valence-electron chi connectivity index (χ3n) is 3.85. The van der Waals surface area contributed by atoms with Crippen molar-refractivity contribution >= 4 is 22.5 Å². The smallest absolute Gasteiger partial charge is 0.127 e. The molecule has 2 aromatic carbocycles. The topological polar surface area (TPSA) is 14.2 Å². The van der Waals surface area contributed by atoms with Crippen molar-refractivity contribution in [1.29, 1.82) is 0 Å². The number of hydrogen-bond acceptors (Lipinski definition) is 1. The van der Waals surface area contributed by atoms with Gasteiger partial charge >= 0.3 is 0 Å². The standard InChI is InChI=1S/C17H14ClNO/c18-15-9-13-6-8-20-17(13)14(10-15)11-19-7-5-12-3-1-2-4-16(12)19/h1-5,7,9-10H,6,8,11H2. The molecule has 0 radical (unpaired) electrons. The van der Waals surface area contributed by atoms with Crippen LogP contribution in [0, 0.1) is 0 Å². The molecule has 0 saturated heterocycles. The molecule has 4 rings (SSSR count). The molecule has 0 bridgehead atoms. The fourth-order valence-electron chi connectivity index (χ4n) is 2.93. The summed E-state index contributed by atoms with van der Waals surface area (Å²) in [6.45, 7) is 1.55. The number of benzene rings is 2. The Morgan fingerprint density at radius 1 is 1.15 bits per heavy atom. The lowest BCUT2D eigenvalue weighted by molar-refractivity contribution is 0.353. The maximum Gasteiger partial charge on any atom is 0.127 e. The number of nitrogens with zero attached hydrogens (tertiary/aromatic N) is 1. The van der Waals surface area contributed by atoms with Gasteiger partial charge in [-0.15, -0.1) is 0 Å². The summed E-state index contributed by atoms with van der Waals surface area (Å²) in [6, 6.07) is 14.6. The molecular weight excluding hydrogens is 270 g/mol. The van der Waals surface area contributed by atoms with Crippen molar-refractivity contribution in [2.45, 2.75) is 13.0 Å². The van der Waals surface area contributed by atoms with Gasteiger partial charge in [-0.05, 0) is 35.2 Å². The van der Waals surface area contributed by atoms with E-state index in [-0.39, 0.29) is 0 Å². The minimum atomic E-state index is 0.759. The molecule has 1 aromatic heterocycles. The van der Waals surface area contributed by atoms with Gasteiger partial charge in [0.1, 0.15) is 5.75 Å². The van der Waals surface area contributed by atoms with Crippen LogP contribution in [0.15, 0.2) is 48.7 Å². The molecule has 0 fully saturated rings. The molecule has 2 nitrogen and oxygen atoms in total. The summed E-state index contributed by atoms with van der Waals surface area (Å²) in [5.74, 6) is 1.02. The fraction of sp³-hybridized carbons (Fsp3) is 0.176. The molecule has 0 unspecified atom stereocenters. The SMILES string of the molecule is Clc1cc2c(c(Cn3ccc4ccccc43)c1)OCC2. The van der Waals surface area contributed by atoms with Gasteiger partial charge < -0.3 is 9.30 Å². The Labute approximate surface area is 122 Å². The lowest BCUT2D eigenvalue weighted by Gasteiger charge is -2.11. The molecule has 0 amide bonds. The Hall–Kier alpha value is -1.93. The largest absolute Gasteiger partial charge is 0.493 e. The summed E-state index contributed by atoms with van der Waals surface area (Å²) in [5, 5.41) is 2.05. The predicted octanol–water partition coefficient (Wildman–Crippen LogP) is 4.28. The van der Waals surface area contributed by atoms with E-state index in [0.717, 1.165) is 35.9 Å². The number of ether oxygens (including phenoxy) is 1. The van der Waals surface area contributed by atoms with E-state index in [4.69, 9.17) is 16.3 Å². The number of hydrogen-bond donors (Lipinski definition) is 0. The molecule has 3 heteroatoms. The fourth-order valence-corrected chi connectivity index (χ4v) is 3.19. The van der Waals surface area contributed by atoms with Crippen LogP contribution in [0.3, 0.4) is 0 Å². The van der Waals surface area contributed by atoms with Crippen LogP contribution >= 0.6 is 11.6 Å². The molecule has 0 aliphatic carbocycles. The summed E-state index contributed by atoms with van der Waals surface area (Å²) in [7, 11) is 0. The lowest BCUT2D eigenvalue weighted by Crippen LogP contribution is -2.00. The normalized spacial score (nSPS) is 13.4. The Morgan fingerprint density at radius 2 is 2.05 bits per heavy atom. The molecule has 1 aliphatic heterocycles. The molecule has 0 N–H and O–H groups in total. The van der Waals surface area contributed by atoms with Gasteiger partial charge in [-0.2, -0.15) is 0 Å². The summed E-state index contributed by atoms with van der Waals surface area (Å²) in [4.78, 5) is 0. The number of aromatic nitrogens is 1. The number of rotatable bonds is 2. The summed E-state index contributed by atoms with van der Waals surface area (Å²) >= 11 is 6.22. The Balaban J connectivity index is 1.80. The highest BCUT2D eigenvalue weighted by Gasteiger charge is 2.18. The third kappa shape index (κ3) is 1.88. The molecule has 0 saturated carbocycles. The van der Waals surface area contributed by atoms with Gasteiger partial charge in [-0.3, -0.25) is 0 Å². The first-order valence-electron chi connectivity index (χ1n) is 6.79. The van der Waals surface area contributed by atoms with E-state index >= 15 is 0 Å². The maximum atomic E-state index is 6.22. The van der Waals surface area contributed by atoms with E-state index in [1.54, 1.807) is 0 Å². The van der Waals surface area contributed by atoms with Gasteiger partial charge in [0.05, 0.1) is 13.2 Å². The number of fused-ring (bicyclic) bond motifs is 2. The Kier molecular flexibility index (Phi) is 2.71.